The first-order valence-corrected chi connectivity index (χ1v) is 8.82. The van der Waals surface area contributed by atoms with Gasteiger partial charge < -0.3 is 4.90 Å². The van der Waals surface area contributed by atoms with Gasteiger partial charge in [0.25, 0.3) is 0 Å². The quantitative estimate of drug-likeness (QED) is 0.440. The van der Waals surface area contributed by atoms with Crippen molar-refractivity contribution in [3.63, 3.8) is 0 Å². The minimum Gasteiger partial charge on any atom is -0.301 e. The van der Waals surface area contributed by atoms with Crippen molar-refractivity contribution in [1.82, 2.24) is 4.90 Å². The molecule has 1 saturated heterocycles. The van der Waals surface area contributed by atoms with Crippen LogP contribution in [0.2, 0.25) is 18.1 Å². The third kappa shape index (κ3) is 3.58. The minimum absolute atomic E-state index is 1.07. The molecule has 0 aromatic heterocycles. The topological polar surface area (TPSA) is 3.01 Å². The highest BCUT2D eigenvalue weighted by Gasteiger charge is 2.29. The average Bonchev–Trinajstić information content (AvgIpc) is 2.98. The SMILES string of the molecule is C=C[Si](CCC)(CCC)CCN1CC1. The lowest BCUT2D eigenvalue weighted by Gasteiger charge is -2.27. The highest BCUT2D eigenvalue weighted by molar-refractivity contribution is 6.84. The van der Waals surface area contributed by atoms with Crippen LogP contribution < -0.4 is 0 Å². The first-order chi connectivity index (χ1) is 6.76. The van der Waals surface area contributed by atoms with Crippen LogP contribution in [0.5, 0.6) is 0 Å². The number of hydrogen-bond acceptors (Lipinski definition) is 1. The molecule has 0 bridgehead atoms. The molecule has 14 heavy (non-hydrogen) atoms. The van der Waals surface area contributed by atoms with Gasteiger partial charge in [-0.05, 0) is 12.6 Å². The van der Waals surface area contributed by atoms with E-state index in [1.54, 1.807) is 0 Å². The predicted molar refractivity (Wildman–Crippen MR) is 67.4 cm³/mol. The van der Waals surface area contributed by atoms with Crippen LogP contribution in [0.1, 0.15) is 26.7 Å². The predicted octanol–water partition coefficient (Wildman–Crippen LogP) is 3.30. The van der Waals surface area contributed by atoms with Crippen molar-refractivity contribution < 1.29 is 0 Å². The van der Waals surface area contributed by atoms with Crippen molar-refractivity contribution in [3.05, 3.63) is 12.3 Å². The molecule has 1 aliphatic heterocycles. The van der Waals surface area contributed by atoms with Crippen molar-refractivity contribution in [1.29, 1.82) is 0 Å². The molecule has 0 spiro atoms. The fraction of sp³-hybridized carbons (Fsp3) is 0.833. The molecule has 0 unspecified atom stereocenters. The summed E-state index contributed by atoms with van der Waals surface area (Å²) in [5, 5.41) is 0. The second-order valence-corrected chi connectivity index (χ2v) is 9.29. The lowest BCUT2D eigenvalue weighted by Crippen LogP contribution is -2.33. The molecule has 1 rings (SSSR count). The summed E-state index contributed by atoms with van der Waals surface area (Å²) < 4.78 is 0. The summed E-state index contributed by atoms with van der Waals surface area (Å²) in [6.45, 7) is 12.8. The Balaban J connectivity index is 2.41. The van der Waals surface area contributed by atoms with E-state index in [0.717, 1.165) is 0 Å². The van der Waals surface area contributed by atoms with E-state index >= 15 is 0 Å². The molecule has 0 aliphatic carbocycles. The first kappa shape index (κ1) is 12.0. The summed E-state index contributed by atoms with van der Waals surface area (Å²) >= 11 is 0. The Morgan fingerprint density at radius 1 is 1.14 bits per heavy atom. The zero-order chi connectivity index (χ0) is 10.4. The van der Waals surface area contributed by atoms with Crippen molar-refractivity contribution in [2.75, 3.05) is 19.6 Å². The van der Waals surface area contributed by atoms with Crippen LogP contribution in [-0.4, -0.2) is 32.6 Å². The molecule has 82 valence electrons. The molecule has 1 fully saturated rings. The van der Waals surface area contributed by atoms with E-state index in [2.05, 4.69) is 31.0 Å². The Bertz CT molecular complexity index is 169. The van der Waals surface area contributed by atoms with Gasteiger partial charge in [-0.2, -0.15) is 0 Å². The van der Waals surface area contributed by atoms with Crippen LogP contribution in [0.4, 0.5) is 0 Å². The van der Waals surface area contributed by atoms with Crippen LogP contribution in [0, 0.1) is 0 Å². The number of rotatable bonds is 8. The van der Waals surface area contributed by atoms with E-state index < -0.39 is 8.07 Å². The largest absolute Gasteiger partial charge is 0.301 e. The van der Waals surface area contributed by atoms with Crippen LogP contribution >= 0.6 is 0 Å². The smallest absolute Gasteiger partial charge is 0.0782 e. The van der Waals surface area contributed by atoms with Crippen LogP contribution in [0.25, 0.3) is 0 Å². The van der Waals surface area contributed by atoms with Crippen molar-refractivity contribution in [2.24, 2.45) is 0 Å². The summed E-state index contributed by atoms with van der Waals surface area (Å²) in [5.74, 6) is 0. The summed E-state index contributed by atoms with van der Waals surface area (Å²) in [5.41, 5.74) is 2.36. The fourth-order valence-corrected chi connectivity index (χ4v) is 6.47. The van der Waals surface area contributed by atoms with Gasteiger partial charge in [0, 0.05) is 13.1 Å². The van der Waals surface area contributed by atoms with Crippen LogP contribution in [0.15, 0.2) is 12.3 Å². The van der Waals surface area contributed by atoms with E-state index in [4.69, 9.17) is 0 Å². The molecule has 0 atom stereocenters. The normalized spacial score (nSPS) is 17.0. The molecule has 0 amide bonds. The van der Waals surface area contributed by atoms with Crippen molar-refractivity contribution >= 4 is 8.07 Å². The summed E-state index contributed by atoms with van der Waals surface area (Å²) in [4.78, 5) is 2.55. The Labute approximate surface area is 90.2 Å². The average molecular weight is 211 g/mol. The zero-order valence-electron chi connectivity index (χ0n) is 9.89. The molecular weight excluding hydrogens is 186 g/mol. The van der Waals surface area contributed by atoms with Gasteiger partial charge in [0.15, 0.2) is 0 Å². The molecule has 1 heterocycles. The van der Waals surface area contributed by atoms with Gasteiger partial charge in [0.1, 0.15) is 0 Å². The Hall–Kier alpha value is -0.0831. The number of nitrogens with zero attached hydrogens (tertiary/aromatic N) is 1. The van der Waals surface area contributed by atoms with E-state index in [0.29, 0.717) is 0 Å². The third-order valence-electron chi connectivity index (χ3n) is 3.39. The maximum Gasteiger partial charge on any atom is 0.0782 e. The number of hydrogen-bond donors (Lipinski definition) is 0. The van der Waals surface area contributed by atoms with Gasteiger partial charge in [-0.15, -0.1) is 12.3 Å². The van der Waals surface area contributed by atoms with Crippen LogP contribution in [0.3, 0.4) is 0 Å². The summed E-state index contributed by atoms with van der Waals surface area (Å²) in [6, 6.07) is 4.37. The van der Waals surface area contributed by atoms with Gasteiger partial charge in [0.2, 0.25) is 0 Å². The lowest BCUT2D eigenvalue weighted by molar-refractivity contribution is 0.588. The highest BCUT2D eigenvalue weighted by atomic mass is 28.3. The van der Waals surface area contributed by atoms with Gasteiger partial charge >= 0.3 is 0 Å². The molecular formula is C12H25NSi. The van der Waals surface area contributed by atoms with E-state index in [9.17, 15) is 0 Å². The third-order valence-corrected chi connectivity index (χ3v) is 8.47. The highest BCUT2D eigenvalue weighted by Crippen LogP contribution is 2.26. The van der Waals surface area contributed by atoms with Gasteiger partial charge in [-0.1, -0.05) is 38.8 Å². The van der Waals surface area contributed by atoms with E-state index in [-0.39, 0.29) is 0 Å². The minimum atomic E-state index is -1.07. The maximum atomic E-state index is 4.11. The van der Waals surface area contributed by atoms with Crippen molar-refractivity contribution in [3.8, 4) is 0 Å². The monoisotopic (exact) mass is 211 g/mol. The molecule has 1 aliphatic rings. The first-order valence-electron chi connectivity index (χ1n) is 6.12. The zero-order valence-corrected chi connectivity index (χ0v) is 10.9. The second-order valence-electron chi connectivity index (χ2n) is 4.66. The molecule has 0 N–H and O–H groups in total. The Morgan fingerprint density at radius 3 is 2.07 bits per heavy atom. The van der Waals surface area contributed by atoms with Gasteiger partial charge in [0.05, 0.1) is 8.07 Å². The van der Waals surface area contributed by atoms with Crippen molar-refractivity contribution in [2.45, 2.75) is 44.8 Å². The second kappa shape index (κ2) is 5.71. The Morgan fingerprint density at radius 2 is 1.71 bits per heavy atom. The van der Waals surface area contributed by atoms with E-state index in [1.165, 1.54) is 50.6 Å². The standard InChI is InChI=1S/C12H25NSi/c1-4-10-14(6-3,11-5-2)12-9-13-7-8-13/h6H,3-5,7-12H2,1-2H3. The van der Waals surface area contributed by atoms with E-state index in [1.807, 2.05) is 0 Å². The molecule has 0 saturated carbocycles. The molecule has 0 aromatic rings. The van der Waals surface area contributed by atoms with Crippen LogP contribution in [-0.2, 0) is 0 Å². The summed E-state index contributed by atoms with van der Waals surface area (Å²) in [7, 11) is -1.07. The fourth-order valence-electron chi connectivity index (χ4n) is 2.35. The Kier molecular flexibility index (Phi) is 4.89. The maximum absolute atomic E-state index is 4.11. The molecule has 1 nitrogen and oxygen atoms in total. The molecule has 0 aromatic carbocycles. The lowest BCUT2D eigenvalue weighted by atomic mass is 10.6. The molecule has 2 heteroatoms. The van der Waals surface area contributed by atoms with Gasteiger partial charge in [-0.3, -0.25) is 0 Å². The summed E-state index contributed by atoms with van der Waals surface area (Å²) in [6.07, 6.45) is 2.69. The molecule has 0 radical (unpaired) electrons. The van der Waals surface area contributed by atoms with Gasteiger partial charge in [-0.25, -0.2) is 0 Å².